The summed E-state index contributed by atoms with van der Waals surface area (Å²) >= 11 is 0. The number of nitrogens with zero attached hydrogens (tertiary/aromatic N) is 2. The van der Waals surface area contributed by atoms with Crippen molar-refractivity contribution in [2.75, 3.05) is 23.7 Å². The summed E-state index contributed by atoms with van der Waals surface area (Å²) in [7, 11) is 0. The molecule has 4 heterocycles. The Balaban J connectivity index is 1.34. The first-order chi connectivity index (χ1) is 20.8. The van der Waals surface area contributed by atoms with Crippen LogP contribution >= 0.6 is 0 Å². The van der Waals surface area contributed by atoms with E-state index in [2.05, 4.69) is 27.1 Å². The molecule has 2 N–H and O–H groups in total. The van der Waals surface area contributed by atoms with Gasteiger partial charge in [0.1, 0.15) is 11.4 Å². The molecule has 0 radical (unpaired) electrons. The van der Waals surface area contributed by atoms with Crippen LogP contribution < -0.4 is 21.5 Å². The van der Waals surface area contributed by atoms with Crippen LogP contribution in [0.4, 0.5) is 37.7 Å². The summed E-state index contributed by atoms with van der Waals surface area (Å²) in [6.45, 7) is 5.08. The van der Waals surface area contributed by atoms with Crippen molar-refractivity contribution >= 4 is 22.3 Å². The molecule has 2 bridgehead atoms. The van der Waals surface area contributed by atoms with Crippen molar-refractivity contribution in [3.63, 3.8) is 0 Å². The van der Waals surface area contributed by atoms with Crippen LogP contribution in [0.3, 0.4) is 0 Å². The second-order valence-electron chi connectivity index (χ2n) is 11.5. The van der Waals surface area contributed by atoms with Crippen LogP contribution in [0.25, 0.3) is 10.9 Å². The van der Waals surface area contributed by atoms with Crippen LogP contribution in [0.1, 0.15) is 41.1 Å². The Labute approximate surface area is 248 Å². The number of fused-ring (bicyclic) bond motifs is 4. The minimum Gasteiger partial charge on any atom is -0.376 e. The van der Waals surface area contributed by atoms with Crippen molar-refractivity contribution < 1.29 is 26.3 Å². The maximum absolute atomic E-state index is 13.4. The number of rotatable bonds is 8. The summed E-state index contributed by atoms with van der Waals surface area (Å²) in [5, 5.41) is 6.78. The fourth-order valence-corrected chi connectivity index (χ4v) is 6.66. The van der Waals surface area contributed by atoms with E-state index in [1.165, 1.54) is 0 Å². The summed E-state index contributed by atoms with van der Waals surface area (Å²) in [6.07, 6.45) is -4.58. The number of pyridine rings is 1. The lowest BCUT2D eigenvalue weighted by Crippen LogP contribution is -2.56. The van der Waals surface area contributed by atoms with Gasteiger partial charge < -0.3 is 10.6 Å². The molecule has 0 spiro atoms. The van der Waals surface area contributed by atoms with Crippen LogP contribution in [0.2, 0.25) is 0 Å². The molecular weight excluding hydrogens is 586 g/mol. The molecule has 12 heteroatoms. The summed E-state index contributed by atoms with van der Waals surface area (Å²) in [5.41, 5.74) is -3.60. The van der Waals surface area contributed by atoms with E-state index < -0.39 is 46.9 Å². The molecule has 4 aromatic rings. The summed E-state index contributed by atoms with van der Waals surface area (Å²) in [6, 6.07) is 10.1. The van der Waals surface area contributed by atoms with Crippen LogP contribution in [0.15, 0.2) is 77.0 Å². The zero-order valence-electron chi connectivity index (χ0n) is 23.3. The lowest BCUT2D eigenvalue weighted by atomic mass is 9.73. The molecule has 7 rings (SSSR count). The van der Waals surface area contributed by atoms with Crippen molar-refractivity contribution in [2.24, 2.45) is 11.8 Å². The maximum atomic E-state index is 13.4. The lowest BCUT2D eigenvalue weighted by Gasteiger charge is -2.52. The number of anilines is 2. The van der Waals surface area contributed by atoms with Crippen molar-refractivity contribution in [1.82, 2.24) is 9.88 Å². The van der Waals surface area contributed by atoms with E-state index in [1.807, 2.05) is 36.4 Å². The smallest absolute Gasteiger partial charge is 0.376 e. The first kappa shape index (κ1) is 29.9. The van der Waals surface area contributed by atoms with Gasteiger partial charge in [-0.15, -0.1) is 6.58 Å². The Kier molecular flexibility index (Phi) is 7.51. The maximum Gasteiger partial charge on any atom is 0.416 e. The zero-order chi connectivity index (χ0) is 31.4. The number of piperidine rings is 3. The first-order valence-corrected chi connectivity index (χ1v) is 14.2. The molecule has 6 nitrogen and oxygen atoms in total. The molecular formula is C32H28F6N4O2. The van der Waals surface area contributed by atoms with Gasteiger partial charge in [-0.25, -0.2) is 0 Å². The third kappa shape index (κ3) is 5.47. The van der Waals surface area contributed by atoms with Gasteiger partial charge >= 0.3 is 12.4 Å². The number of nitrogens with one attached hydrogen (secondary N) is 2. The van der Waals surface area contributed by atoms with E-state index >= 15 is 0 Å². The average Bonchev–Trinajstić information content (AvgIpc) is 3.01. The molecule has 3 fully saturated rings. The highest BCUT2D eigenvalue weighted by molar-refractivity contribution is 5.83. The molecule has 3 unspecified atom stereocenters. The van der Waals surface area contributed by atoms with E-state index in [-0.39, 0.29) is 29.0 Å². The van der Waals surface area contributed by atoms with Crippen LogP contribution in [0.5, 0.6) is 0 Å². The molecule has 0 saturated carbocycles. The van der Waals surface area contributed by atoms with E-state index in [0.717, 1.165) is 42.4 Å². The normalized spacial score (nSPS) is 22.7. The second kappa shape index (κ2) is 11.1. The van der Waals surface area contributed by atoms with Gasteiger partial charge in [-0.05, 0) is 72.7 Å². The van der Waals surface area contributed by atoms with E-state index in [1.54, 1.807) is 6.20 Å². The number of hydrogen-bond acceptors (Lipinski definition) is 6. The van der Waals surface area contributed by atoms with Crippen molar-refractivity contribution in [3.8, 4) is 0 Å². The Morgan fingerprint density at radius 2 is 1.66 bits per heavy atom. The molecule has 3 aromatic carbocycles. The predicted octanol–water partition coefficient (Wildman–Crippen LogP) is 6.53. The van der Waals surface area contributed by atoms with Crippen molar-refractivity contribution in [2.45, 2.75) is 43.8 Å². The van der Waals surface area contributed by atoms with E-state index in [4.69, 9.17) is 0 Å². The minimum absolute atomic E-state index is 0.0432. The molecule has 0 aliphatic carbocycles. The second-order valence-corrected chi connectivity index (χ2v) is 11.5. The minimum atomic E-state index is -5.01. The fourth-order valence-electron chi connectivity index (χ4n) is 6.66. The molecule has 5 atom stereocenters. The van der Waals surface area contributed by atoms with Gasteiger partial charge in [0, 0.05) is 30.7 Å². The predicted molar refractivity (Wildman–Crippen MR) is 155 cm³/mol. The van der Waals surface area contributed by atoms with Gasteiger partial charge in [0.2, 0.25) is 0 Å². The molecule has 44 heavy (non-hydrogen) atoms. The topological polar surface area (TPSA) is 74.3 Å². The van der Waals surface area contributed by atoms with Gasteiger partial charge in [0.05, 0.1) is 22.7 Å². The van der Waals surface area contributed by atoms with Gasteiger partial charge in [0.15, 0.2) is 0 Å². The van der Waals surface area contributed by atoms with Gasteiger partial charge in [-0.2, -0.15) is 26.3 Å². The van der Waals surface area contributed by atoms with Crippen LogP contribution in [0, 0.1) is 11.8 Å². The number of hydrogen-bond donors (Lipinski definition) is 2. The highest BCUT2D eigenvalue weighted by atomic mass is 19.4. The molecule has 3 aliphatic rings. The number of para-hydroxylation sites is 1. The number of alkyl halides is 6. The lowest BCUT2D eigenvalue weighted by molar-refractivity contribution is -0.143. The van der Waals surface area contributed by atoms with Gasteiger partial charge in [0.25, 0.3) is 10.9 Å². The highest BCUT2D eigenvalue weighted by Crippen LogP contribution is 2.43. The van der Waals surface area contributed by atoms with Crippen molar-refractivity contribution in [3.05, 3.63) is 110 Å². The standard InChI is InChI=1S/C32H28F6N4O2/c1-2-18-16-42-10-8-19(18)13-25(42)26(23-7-9-39-24-6-4-3-5-22(23)24)41-28-27(29(43)30(28)44)40-15-17-11-20(31(33,34)35)14-21(12-17)32(36,37)38/h2-7,9,11-12,14,18-19,25-26,40-41H,1,8,10,13,15-16H2/t18?,19?,25-,26-/m0/s1. The molecule has 3 saturated heterocycles. The Morgan fingerprint density at radius 1 is 0.977 bits per heavy atom. The summed E-state index contributed by atoms with van der Waals surface area (Å²) in [4.78, 5) is 32.3. The number of benzene rings is 2. The zero-order valence-corrected chi connectivity index (χ0v) is 23.3. The third-order valence-corrected chi connectivity index (χ3v) is 8.88. The quantitative estimate of drug-likeness (QED) is 0.134. The van der Waals surface area contributed by atoms with Crippen LogP contribution in [-0.4, -0.2) is 29.0 Å². The van der Waals surface area contributed by atoms with Gasteiger partial charge in [-0.3, -0.25) is 19.5 Å². The number of halogens is 6. The Morgan fingerprint density at radius 3 is 2.30 bits per heavy atom. The number of aromatic nitrogens is 1. The molecule has 3 aliphatic heterocycles. The molecule has 0 amide bonds. The first-order valence-electron chi connectivity index (χ1n) is 14.2. The van der Waals surface area contributed by atoms with Crippen LogP contribution in [-0.2, 0) is 18.9 Å². The molecule has 230 valence electrons. The summed E-state index contributed by atoms with van der Waals surface area (Å²) in [5.74, 6) is 0.709. The largest absolute Gasteiger partial charge is 0.416 e. The fraction of sp³-hybridized carbons (Fsp3) is 0.344. The van der Waals surface area contributed by atoms with E-state index in [9.17, 15) is 35.9 Å². The van der Waals surface area contributed by atoms with E-state index in [0.29, 0.717) is 24.0 Å². The highest BCUT2D eigenvalue weighted by Gasteiger charge is 2.44. The molecule has 1 aromatic heterocycles. The monoisotopic (exact) mass is 614 g/mol. The van der Waals surface area contributed by atoms with Crippen molar-refractivity contribution in [1.29, 1.82) is 0 Å². The van der Waals surface area contributed by atoms with Gasteiger partial charge in [-0.1, -0.05) is 24.3 Å². The summed E-state index contributed by atoms with van der Waals surface area (Å²) < 4.78 is 80.2. The third-order valence-electron chi connectivity index (χ3n) is 8.88. The Hall–Kier alpha value is -4.19. The average molecular weight is 615 g/mol. The Bertz CT molecular complexity index is 1760. The SMILES string of the molecule is C=CC1CN2CCC1C[C@H]2[C@@H](Nc1c(NCc2cc(C(F)(F)F)cc(C(F)(F)F)c2)c(=O)c1=O)c1ccnc2ccccc12.